The lowest BCUT2D eigenvalue weighted by atomic mass is 9.93. The highest BCUT2D eigenvalue weighted by Crippen LogP contribution is 2.27. The van der Waals surface area contributed by atoms with E-state index in [0.29, 0.717) is 24.2 Å². The third kappa shape index (κ3) is 3.10. The molecule has 18 heavy (non-hydrogen) atoms. The molecular weight excluding hydrogens is 234 g/mol. The Hall–Kier alpha value is -1.82. The maximum Gasteiger partial charge on any atom is 0.273 e. The van der Waals surface area contributed by atoms with Gasteiger partial charge in [-0.25, -0.2) is 0 Å². The van der Waals surface area contributed by atoms with Gasteiger partial charge in [0.2, 0.25) is 0 Å². The number of aliphatic hydroxyl groups is 1. The van der Waals surface area contributed by atoms with Crippen LogP contribution in [-0.2, 0) is 0 Å². The summed E-state index contributed by atoms with van der Waals surface area (Å²) in [4.78, 5) is 10.3. The quantitative estimate of drug-likeness (QED) is 0.409. The monoisotopic (exact) mass is 253 g/mol. The van der Waals surface area contributed by atoms with Crippen molar-refractivity contribution in [1.82, 2.24) is 0 Å². The van der Waals surface area contributed by atoms with Gasteiger partial charge in [0, 0.05) is 23.5 Å². The highest BCUT2D eigenvalue weighted by Gasteiger charge is 2.25. The average molecular weight is 253 g/mol. The van der Waals surface area contributed by atoms with Crippen LogP contribution in [0.3, 0.4) is 0 Å². The number of nitrogens with one attached hydrogen (secondary N) is 1. The van der Waals surface area contributed by atoms with Crippen molar-refractivity contribution < 1.29 is 10.0 Å². The van der Waals surface area contributed by atoms with E-state index in [0.717, 1.165) is 0 Å². The molecule has 0 aliphatic carbocycles. The first-order valence-corrected chi connectivity index (χ1v) is 5.90. The molecule has 0 aliphatic heterocycles. The van der Waals surface area contributed by atoms with E-state index < -0.39 is 10.5 Å². The topological polar surface area (TPSA) is 101 Å². The van der Waals surface area contributed by atoms with Gasteiger partial charge in [-0.15, -0.1) is 0 Å². The molecule has 0 aromatic heterocycles. The molecule has 1 rings (SSSR count). The second-order valence-corrected chi connectivity index (χ2v) is 4.34. The standard InChI is InChI=1S/C12H19N3O3/c1-3-12(4-2,8-16)14-10-5-9(13)6-11(7-10)15(17)18/h5-7,14,16H,3-4,8,13H2,1-2H3. The summed E-state index contributed by atoms with van der Waals surface area (Å²) in [5.74, 6) is 0. The van der Waals surface area contributed by atoms with Crippen molar-refractivity contribution in [2.45, 2.75) is 32.2 Å². The van der Waals surface area contributed by atoms with E-state index in [1.165, 1.54) is 12.1 Å². The van der Waals surface area contributed by atoms with Gasteiger partial charge in [-0.3, -0.25) is 10.1 Å². The predicted octanol–water partition coefficient (Wildman–Crippen LogP) is 2.14. The largest absolute Gasteiger partial charge is 0.398 e. The molecule has 0 amide bonds. The molecule has 0 fully saturated rings. The molecule has 6 nitrogen and oxygen atoms in total. The van der Waals surface area contributed by atoms with Crippen molar-refractivity contribution in [3.63, 3.8) is 0 Å². The highest BCUT2D eigenvalue weighted by atomic mass is 16.6. The van der Waals surface area contributed by atoms with Gasteiger partial charge in [0.05, 0.1) is 17.1 Å². The van der Waals surface area contributed by atoms with Gasteiger partial charge in [0.1, 0.15) is 0 Å². The summed E-state index contributed by atoms with van der Waals surface area (Å²) in [6.07, 6.45) is 1.42. The smallest absolute Gasteiger partial charge is 0.273 e. The summed E-state index contributed by atoms with van der Waals surface area (Å²) in [5, 5.41) is 23.4. The number of nitrogens with zero attached hydrogens (tertiary/aromatic N) is 1. The second-order valence-electron chi connectivity index (χ2n) is 4.34. The third-order valence-corrected chi connectivity index (χ3v) is 3.22. The van der Waals surface area contributed by atoms with Crippen molar-refractivity contribution in [2.24, 2.45) is 0 Å². The van der Waals surface area contributed by atoms with Crippen LogP contribution in [-0.4, -0.2) is 22.2 Å². The number of nitro benzene ring substituents is 1. The van der Waals surface area contributed by atoms with E-state index in [1.807, 2.05) is 13.8 Å². The molecule has 4 N–H and O–H groups in total. The molecule has 0 aliphatic rings. The van der Waals surface area contributed by atoms with Gasteiger partial charge < -0.3 is 16.2 Å². The number of aliphatic hydroxyl groups excluding tert-OH is 1. The number of non-ortho nitro benzene ring substituents is 1. The van der Waals surface area contributed by atoms with Crippen molar-refractivity contribution >= 4 is 17.1 Å². The van der Waals surface area contributed by atoms with Crippen LogP contribution in [0.4, 0.5) is 17.1 Å². The number of anilines is 2. The van der Waals surface area contributed by atoms with Crippen LogP contribution in [0, 0.1) is 10.1 Å². The summed E-state index contributed by atoms with van der Waals surface area (Å²) < 4.78 is 0. The first-order chi connectivity index (χ1) is 8.46. The van der Waals surface area contributed by atoms with Crippen LogP contribution in [0.15, 0.2) is 18.2 Å². The van der Waals surface area contributed by atoms with E-state index in [4.69, 9.17) is 5.73 Å². The van der Waals surface area contributed by atoms with Crippen LogP contribution in [0.1, 0.15) is 26.7 Å². The molecule has 0 heterocycles. The van der Waals surface area contributed by atoms with E-state index in [-0.39, 0.29) is 12.3 Å². The minimum absolute atomic E-state index is 0.0391. The Bertz CT molecular complexity index is 422. The summed E-state index contributed by atoms with van der Waals surface area (Å²) in [5.41, 5.74) is 5.98. The summed E-state index contributed by atoms with van der Waals surface area (Å²) >= 11 is 0. The first-order valence-electron chi connectivity index (χ1n) is 5.90. The van der Waals surface area contributed by atoms with Gasteiger partial charge in [0.25, 0.3) is 5.69 Å². The zero-order valence-electron chi connectivity index (χ0n) is 10.6. The maximum atomic E-state index is 10.8. The van der Waals surface area contributed by atoms with Crippen LogP contribution in [0.2, 0.25) is 0 Å². The fraction of sp³-hybridized carbons (Fsp3) is 0.500. The molecule has 0 bridgehead atoms. The molecule has 0 spiro atoms. The number of nitrogen functional groups attached to an aromatic ring is 1. The third-order valence-electron chi connectivity index (χ3n) is 3.22. The van der Waals surface area contributed by atoms with Gasteiger partial charge in [-0.2, -0.15) is 0 Å². The molecule has 1 aromatic rings. The predicted molar refractivity (Wildman–Crippen MR) is 71.5 cm³/mol. The van der Waals surface area contributed by atoms with Crippen molar-refractivity contribution in [1.29, 1.82) is 0 Å². The lowest BCUT2D eigenvalue weighted by Crippen LogP contribution is -2.40. The Kier molecular flexibility index (Phi) is 4.49. The Morgan fingerprint density at radius 2 is 2.00 bits per heavy atom. The fourth-order valence-electron chi connectivity index (χ4n) is 1.81. The second kappa shape index (κ2) is 5.68. The Morgan fingerprint density at radius 1 is 1.39 bits per heavy atom. The minimum atomic E-state index is -0.486. The molecule has 0 unspecified atom stereocenters. The van der Waals surface area contributed by atoms with E-state index in [2.05, 4.69) is 5.32 Å². The Morgan fingerprint density at radius 3 is 2.44 bits per heavy atom. The molecule has 0 atom stereocenters. The number of benzene rings is 1. The molecule has 0 saturated carbocycles. The van der Waals surface area contributed by atoms with Gasteiger partial charge in [-0.1, -0.05) is 13.8 Å². The van der Waals surface area contributed by atoms with E-state index in [1.54, 1.807) is 6.07 Å². The van der Waals surface area contributed by atoms with Gasteiger partial charge in [-0.05, 0) is 18.9 Å². The molecular formula is C12H19N3O3. The Labute approximate surface area is 106 Å². The maximum absolute atomic E-state index is 10.8. The summed E-state index contributed by atoms with van der Waals surface area (Å²) in [7, 11) is 0. The SMILES string of the molecule is CCC(CC)(CO)Nc1cc(N)cc([N+](=O)[O-])c1. The average Bonchev–Trinajstić information content (AvgIpc) is 2.35. The zero-order valence-corrected chi connectivity index (χ0v) is 10.6. The van der Waals surface area contributed by atoms with Crippen molar-refractivity contribution in [2.75, 3.05) is 17.7 Å². The number of nitro groups is 1. The first kappa shape index (κ1) is 14.2. The van der Waals surface area contributed by atoms with E-state index in [9.17, 15) is 15.2 Å². The normalized spacial score (nSPS) is 11.3. The minimum Gasteiger partial charge on any atom is -0.398 e. The lowest BCUT2D eigenvalue weighted by Gasteiger charge is -2.32. The number of rotatable bonds is 6. The van der Waals surface area contributed by atoms with Crippen LogP contribution in [0.25, 0.3) is 0 Å². The van der Waals surface area contributed by atoms with Crippen molar-refractivity contribution in [3.8, 4) is 0 Å². The van der Waals surface area contributed by atoms with Crippen LogP contribution in [0.5, 0.6) is 0 Å². The summed E-state index contributed by atoms with van der Waals surface area (Å²) in [6.45, 7) is 3.86. The Balaban J connectivity index is 3.06. The number of nitrogens with two attached hydrogens (primary N) is 1. The van der Waals surface area contributed by atoms with Crippen LogP contribution < -0.4 is 11.1 Å². The lowest BCUT2D eigenvalue weighted by molar-refractivity contribution is -0.384. The number of hydrogen-bond donors (Lipinski definition) is 3. The van der Waals surface area contributed by atoms with Crippen LogP contribution >= 0.6 is 0 Å². The summed E-state index contributed by atoms with van der Waals surface area (Å²) in [6, 6.07) is 4.36. The molecule has 100 valence electrons. The van der Waals surface area contributed by atoms with Gasteiger partial charge >= 0.3 is 0 Å². The molecule has 0 saturated heterocycles. The fourth-order valence-corrected chi connectivity index (χ4v) is 1.81. The van der Waals surface area contributed by atoms with Crippen molar-refractivity contribution in [3.05, 3.63) is 28.3 Å². The zero-order chi connectivity index (χ0) is 13.8. The molecule has 0 radical (unpaired) electrons. The van der Waals surface area contributed by atoms with E-state index >= 15 is 0 Å². The molecule has 1 aromatic carbocycles. The molecule has 6 heteroatoms. The number of hydrogen-bond acceptors (Lipinski definition) is 5. The highest BCUT2D eigenvalue weighted by molar-refractivity contribution is 5.62. The van der Waals surface area contributed by atoms with Gasteiger partial charge in [0.15, 0.2) is 0 Å².